The van der Waals surface area contributed by atoms with Crippen LogP contribution in [-0.2, 0) is 21.7 Å². The van der Waals surface area contributed by atoms with Crippen molar-refractivity contribution < 1.29 is 19.8 Å². The summed E-state index contributed by atoms with van der Waals surface area (Å²) in [6.45, 7) is 7.12. The van der Waals surface area contributed by atoms with Gasteiger partial charge >= 0.3 is 0 Å². The Balaban J connectivity index is 1.28. The van der Waals surface area contributed by atoms with Crippen molar-refractivity contribution in [1.29, 1.82) is 0 Å². The van der Waals surface area contributed by atoms with Gasteiger partial charge in [0, 0.05) is 36.5 Å². The highest BCUT2D eigenvalue weighted by Crippen LogP contribution is 2.46. The number of carbonyl (C=O) groups excluding carboxylic acids is 2. The summed E-state index contributed by atoms with van der Waals surface area (Å²) in [4.78, 5) is 27.8. The minimum absolute atomic E-state index is 0.0695. The van der Waals surface area contributed by atoms with Crippen LogP contribution in [0, 0.1) is 5.92 Å². The summed E-state index contributed by atoms with van der Waals surface area (Å²) in [6, 6.07) is 14.7. The standard InChI is InChI=1S/C32H38N6O4/c1-3-17-38-29-15-14-24(34-30(40)27-13-9-16-33-27)19-26(29)32(42,31(38)41)22(2)10-7-8-18-37-20-28(35-36-37)25(21-39)23-11-5-4-6-12-23/h3-7,10-12,14-15,19-20,22,25,27,33,39,42H,1,8-9,13,16-18,21H2,2H3,(H,34,40)/b10-7+/t22-,25?,27-,32+/m1/s1. The van der Waals surface area contributed by atoms with E-state index in [1.54, 1.807) is 29.0 Å². The molecule has 2 aromatic carbocycles. The number of aliphatic hydroxyl groups excluding tert-OH is 1. The average Bonchev–Trinajstić information content (AvgIpc) is 3.75. The van der Waals surface area contributed by atoms with Crippen molar-refractivity contribution in [2.75, 3.05) is 29.9 Å². The highest BCUT2D eigenvalue weighted by atomic mass is 16.3. The van der Waals surface area contributed by atoms with Crippen molar-refractivity contribution in [2.45, 2.75) is 50.3 Å². The van der Waals surface area contributed by atoms with E-state index in [-0.39, 0.29) is 31.0 Å². The third-order valence-electron chi connectivity index (χ3n) is 8.13. The summed E-state index contributed by atoms with van der Waals surface area (Å²) in [5.41, 5.74) is 1.46. The normalized spacial score (nSPS) is 21.5. The summed E-state index contributed by atoms with van der Waals surface area (Å²) in [5.74, 6) is -1.35. The van der Waals surface area contributed by atoms with Crippen molar-refractivity contribution in [2.24, 2.45) is 5.92 Å². The zero-order chi connectivity index (χ0) is 29.7. The Morgan fingerprint density at radius 1 is 1.29 bits per heavy atom. The Kier molecular flexibility index (Phi) is 8.96. The first kappa shape index (κ1) is 29.4. The van der Waals surface area contributed by atoms with Gasteiger partial charge in [-0.25, -0.2) is 0 Å². The third kappa shape index (κ3) is 5.78. The van der Waals surface area contributed by atoms with Gasteiger partial charge in [0.15, 0.2) is 5.60 Å². The van der Waals surface area contributed by atoms with E-state index < -0.39 is 17.4 Å². The number of carbonyl (C=O) groups is 2. The van der Waals surface area contributed by atoms with Crippen LogP contribution in [0.15, 0.2) is 79.5 Å². The topological polar surface area (TPSA) is 133 Å². The van der Waals surface area contributed by atoms with E-state index in [9.17, 15) is 19.8 Å². The van der Waals surface area contributed by atoms with Crippen LogP contribution in [0.1, 0.15) is 48.9 Å². The lowest BCUT2D eigenvalue weighted by Gasteiger charge is -2.27. The number of aliphatic hydroxyl groups is 2. The molecule has 3 heterocycles. The number of aromatic nitrogens is 3. The fourth-order valence-corrected chi connectivity index (χ4v) is 5.76. The Labute approximate surface area is 245 Å². The first-order valence-corrected chi connectivity index (χ1v) is 14.4. The lowest BCUT2D eigenvalue weighted by molar-refractivity contribution is -0.139. The highest BCUT2D eigenvalue weighted by molar-refractivity contribution is 6.08. The monoisotopic (exact) mass is 570 g/mol. The minimum atomic E-state index is -1.80. The van der Waals surface area contributed by atoms with Gasteiger partial charge < -0.3 is 25.7 Å². The molecule has 0 saturated carbocycles. The molecule has 1 unspecified atom stereocenters. The number of anilines is 2. The van der Waals surface area contributed by atoms with E-state index in [1.807, 2.05) is 55.6 Å². The van der Waals surface area contributed by atoms with Crippen LogP contribution in [0.5, 0.6) is 0 Å². The molecular formula is C32H38N6O4. The Morgan fingerprint density at radius 2 is 2.10 bits per heavy atom. The van der Waals surface area contributed by atoms with Gasteiger partial charge in [-0.15, -0.1) is 11.7 Å². The van der Waals surface area contributed by atoms with Crippen molar-refractivity contribution in [3.05, 3.63) is 96.4 Å². The van der Waals surface area contributed by atoms with Crippen LogP contribution in [0.25, 0.3) is 0 Å². The van der Waals surface area contributed by atoms with Crippen molar-refractivity contribution >= 4 is 23.2 Å². The predicted octanol–water partition coefficient (Wildman–Crippen LogP) is 3.10. The van der Waals surface area contributed by atoms with Gasteiger partial charge in [-0.2, -0.15) is 0 Å². The van der Waals surface area contributed by atoms with Gasteiger partial charge in [-0.1, -0.05) is 60.7 Å². The molecule has 0 radical (unpaired) electrons. The van der Waals surface area contributed by atoms with Crippen LogP contribution < -0.4 is 15.5 Å². The number of aryl methyl sites for hydroxylation is 1. The van der Waals surface area contributed by atoms with Gasteiger partial charge in [0.1, 0.15) is 0 Å². The maximum absolute atomic E-state index is 13.6. The molecule has 10 heteroatoms. The number of rotatable bonds is 12. The summed E-state index contributed by atoms with van der Waals surface area (Å²) in [7, 11) is 0. The molecule has 0 spiro atoms. The molecule has 2 aliphatic heterocycles. The zero-order valence-electron chi connectivity index (χ0n) is 23.8. The van der Waals surface area contributed by atoms with Crippen LogP contribution in [0.4, 0.5) is 11.4 Å². The predicted molar refractivity (Wildman–Crippen MR) is 161 cm³/mol. The number of nitrogens with zero attached hydrogens (tertiary/aromatic N) is 4. The number of allylic oxidation sites excluding steroid dienone is 1. The zero-order valence-corrected chi connectivity index (χ0v) is 23.8. The molecule has 2 aliphatic rings. The third-order valence-corrected chi connectivity index (χ3v) is 8.13. The fourth-order valence-electron chi connectivity index (χ4n) is 5.76. The summed E-state index contributed by atoms with van der Waals surface area (Å²) in [5, 5.41) is 36.4. The van der Waals surface area contributed by atoms with Gasteiger partial charge in [0.2, 0.25) is 5.91 Å². The maximum Gasteiger partial charge on any atom is 0.264 e. The van der Waals surface area contributed by atoms with E-state index in [0.717, 1.165) is 24.9 Å². The lowest BCUT2D eigenvalue weighted by atomic mass is 9.82. The average molecular weight is 571 g/mol. The van der Waals surface area contributed by atoms with Crippen LogP contribution in [0.2, 0.25) is 0 Å². The molecule has 4 atom stereocenters. The second kappa shape index (κ2) is 12.8. The quantitative estimate of drug-likeness (QED) is 0.246. The number of fused-ring (bicyclic) bond motifs is 1. The Morgan fingerprint density at radius 3 is 2.81 bits per heavy atom. The van der Waals surface area contributed by atoms with Gasteiger partial charge in [-0.3, -0.25) is 14.3 Å². The molecule has 0 bridgehead atoms. The highest BCUT2D eigenvalue weighted by Gasteiger charge is 2.52. The number of hydrogen-bond donors (Lipinski definition) is 4. The molecule has 5 rings (SSSR count). The largest absolute Gasteiger partial charge is 0.395 e. The number of hydrogen-bond acceptors (Lipinski definition) is 7. The SMILES string of the molecule is C=CCN1C(=O)[C@](O)([C@H](C)/C=C/CCn2cc(C(CO)c3ccccc3)nn2)c2cc(NC(=O)[C@H]3CCCN3)ccc21. The summed E-state index contributed by atoms with van der Waals surface area (Å²) in [6.07, 6.45) is 9.54. The van der Waals surface area contributed by atoms with Crippen molar-refractivity contribution in [1.82, 2.24) is 20.3 Å². The second-order valence-corrected chi connectivity index (χ2v) is 10.9. The first-order valence-electron chi connectivity index (χ1n) is 14.4. The van der Waals surface area contributed by atoms with E-state index in [4.69, 9.17) is 0 Å². The molecule has 1 saturated heterocycles. The van der Waals surface area contributed by atoms with Crippen molar-refractivity contribution in [3.8, 4) is 0 Å². The van der Waals surface area contributed by atoms with Crippen LogP contribution in [-0.4, -0.2) is 62.8 Å². The van der Waals surface area contributed by atoms with Crippen molar-refractivity contribution in [3.63, 3.8) is 0 Å². The fraction of sp³-hybridized carbons (Fsp3) is 0.375. The molecular weight excluding hydrogens is 532 g/mol. The molecule has 42 heavy (non-hydrogen) atoms. The summed E-state index contributed by atoms with van der Waals surface area (Å²) >= 11 is 0. The van der Waals surface area contributed by atoms with Crippen LogP contribution in [0.3, 0.4) is 0 Å². The molecule has 0 aliphatic carbocycles. The van der Waals surface area contributed by atoms with Gasteiger partial charge in [-0.05, 0) is 49.6 Å². The van der Waals surface area contributed by atoms with Gasteiger partial charge in [0.25, 0.3) is 5.91 Å². The lowest BCUT2D eigenvalue weighted by Crippen LogP contribution is -2.44. The molecule has 10 nitrogen and oxygen atoms in total. The molecule has 4 N–H and O–H groups in total. The number of benzene rings is 2. The molecule has 220 valence electrons. The van der Waals surface area contributed by atoms with E-state index in [1.165, 1.54) is 4.90 Å². The number of amides is 2. The molecule has 1 aromatic heterocycles. The molecule has 3 aromatic rings. The molecule has 2 amide bonds. The number of nitrogens with one attached hydrogen (secondary N) is 2. The van der Waals surface area contributed by atoms with E-state index >= 15 is 0 Å². The Bertz CT molecular complexity index is 1450. The first-order chi connectivity index (χ1) is 20.4. The molecule has 1 fully saturated rings. The maximum atomic E-state index is 13.6. The Hall–Kier alpha value is -4.12. The van der Waals surface area contributed by atoms with E-state index in [0.29, 0.717) is 35.6 Å². The minimum Gasteiger partial charge on any atom is -0.395 e. The van der Waals surface area contributed by atoms with E-state index in [2.05, 4.69) is 27.5 Å². The smallest absolute Gasteiger partial charge is 0.264 e. The van der Waals surface area contributed by atoms with Crippen LogP contribution >= 0.6 is 0 Å². The second-order valence-electron chi connectivity index (χ2n) is 10.9. The van der Waals surface area contributed by atoms with Gasteiger partial charge in [0.05, 0.1) is 29.9 Å². The summed E-state index contributed by atoms with van der Waals surface area (Å²) < 4.78 is 1.72.